The highest BCUT2D eigenvalue weighted by molar-refractivity contribution is 9.10. The van der Waals surface area contributed by atoms with Crippen molar-refractivity contribution in [1.29, 1.82) is 0 Å². The Morgan fingerprint density at radius 3 is 2.30 bits per heavy atom. The number of alkyl halides is 3. The maximum atomic E-state index is 12.8. The smallest absolute Gasteiger partial charge is 0.382 e. The van der Waals surface area contributed by atoms with Crippen LogP contribution in [-0.4, -0.2) is 18.2 Å². The predicted octanol–water partition coefficient (Wildman–Crippen LogP) is 4.84. The minimum absolute atomic E-state index is 0.116. The summed E-state index contributed by atoms with van der Waals surface area (Å²) in [5.74, 6) is 0. The molecule has 1 N–H and O–H groups in total. The number of nitrogens with one attached hydrogen (secondary N) is 1. The molecule has 2 unspecified atom stereocenters. The Balaban J connectivity index is 2.15. The quantitative estimate of drug-likeness (QED) is 0.823. The summed E-state index contributed by atoms with van der Waals surface area (Å²) in [6.07, 6.45) is -2.52. The van der Waals surface area contributed by atoms with E-state index < -0.39 is 11.7 Å². The molecular formula is C14H17BrF3NO. The number of halogens is 4. The van der Waals surface area contributed by atoms with Gasteiger partial charge in [0.2, 0.25) is 0 Å². The van der Waals surface area contributed by atoms with E-state index in [4.69, 9.17) is 4.74 Å². The number of benzene rings is 1. The fourth-order valence-corrected chi connectivity index (χ4v) is 3.09. The van der Waals surface area contributed by atoms with Crippen LogP contribution in [0.2, 0.25) is 0 Å². The van der Waals surface area contributed by atoms with Gasteiger partial charge in [0, 0.05) is 16.2 Å². The van der Waals surface area contributed by atoms with Crippen molar-refractivity contribution in [2.75, 3.05) is 5.32 Å². The lowest BCUT2D eigenvalue weighted by Gasteiger charge is -2.33. The minimum atomic E-state index is -4.34. The number of hydrogen-bond donors (Lipinski definition) is 1. The predicted molar refractivity (Wildman–Crippen MR) is 75.8 cm³/mol. The van der Waals surface area contributed by atoms with Crippen molar-refractivity contribution in [2.24, 2.45) is 0 Å². The first-order valence-corrected chi connectivity index (χ1v) is 7.33. The Kier molecular flexibility index (Phi) is 4.64. The van der Waals surface area contributed by atoms with Crippen LogP contribution in [0.25, 0.3) is 0 Å². The van der Waals surface area contributed by atoms with Gasteiger partial charge in [-0.05, 0) is 44.9 Å². The van der Waals surface area contributed by atoms with Crippen LogP contribution < -0.4 is 5.32 Å². The fraction of sp³-hybridized carbons (Fsp3) is 0.571. The molecule has 6 heteroatoms. The first kappa shape index (κ1) is 15.6. The molecule has 1 aromatic carbocycles. The summed E-state index contributed by atoms with van der Waals surface area (Å²) < 4.78 is 44.4. The molecule has 0 amide bonds. The zero-order valence-electron chi connectivity index (χ0n) is 11.3. The molecule has 1 heterocycles. The van der Waals surface area contributed by atoms with Gasteiger partial charge in [-0.15, -0.1) is 0 Å². The van der Waals surface area contributed by atoms with Gasteiger partial charge in [-0.3, -0.25) is 0 Å². The van der Waals surface area contributed by atoms with Crippen LogP contribution in [0.5, 0.6) is 0 Å². The Morgan fingerprint density at radius 2 is 1.75 bits per heavy atom. The molecule has 0 radical (unpaired) electrons. The first-order chi connectivity index (χ1) is 9.24. The standard InChI is InChI=1S/C14H17BrF3NO/c1-8-3-12(4-9(2)20-8)19-13-6-10(14(16,17)18)5-11(15)7-13/h5-9,12,19H,3-4H2,1-2H3. The van der Waals surface area contributed by atoms with E-state index in [1.807, 2.05) is 13.8 Å². The Bertz CT molecular complexity index is 468. The Morgan fingerprint density at radius 1 is 1.15 bits per heavy atom. The molecule has 1 fully saturated rings. The van der Waals surface area contributed by atoms with Gasteiger partial charge < -0.3 is 10.1 Å². The van der Waals surface area contributed by atoms with E-state index in [0.29, 0.717) is 10.2 Å². The second-order valence-corrected chi connectivity index (χ2v) is 6.21. The van der Waals surface area contributed by atoms with Gasteiger partial charge in [-0.2, -0.15) is 13.2 Å². The molecule has 20 heavy (non-hydrogen) atoms. The average Bonchev–Trinajstić information content (AvgIpc) is 2.25. The molecule has 0 aliphatic carbocycles. The molecule has 0 bridgehead atoms. The van der Waals surface area contributed by atoms with Crippen molar-refractivity contribution in [1.82, 2.24) is 0 Å². The third-order valence-corrected chi connectivity index (χ3v) is 3.75. The average molecular weight is 352 g/mol. The molecule has 0 aromatic heterocycles. The van der Waals surface area contributed by atoms with E-state index in [9.17, 15) is 13.2 Å². The van der Waals surface area contributed by atoms with Gasteiger partial charge in [0.1, 0.15) is 0 Å². The summed E-state index contributed by atoms with van der Waals surface area (Å²) in [5, 5.41) is 3.18. The first-order valence-electron chi connectivity index (χ1n) is 6.54. The normalized spacial score (nSPS) is 27.4. The third kappa shape index (κ3) is 4.12. The Hall–Kier alpha value is -0.750. The van der Waals surface area contributed by atoms with E-state index in [0.717, 1.165) is 25.0 Å². The molecule has 112 valence electrons. The minimum Gasteiger partial charge on any atom is -0.382 e. The maximum absolute atomic E-state index is 12.8. The second-order valence-electron chi connectivity index (χ2n) is 5.30. The lowest BCUT2D eigenvalue weighted by molar-refractivity contribution is -0.137. The topological polar surface area (TPSA) is 21.3 Å². The largest absolute Gasteiger partial charge is 0.416 e. The monoisotopic (exact) mass is 351 g/mol. The lowest BCUT2D eigenvalue weighted by Crippen LogP contribution is -2.36. The molecule has 0 saturated carbocycles. The fourth-order valence-electron chi connectivity index (χ4n) is 2.60. The van der Waals surface area contributed by atoms with Crippen LogP contribution in [0.15, 0.2) is 22.7 Å². The van der Waals surface area contributed by atoms with Crippen LogP contribution >= 0.6 is 15.9 Å². The highest BCUT2D eigenvalue weighted by atomic mass is 79.9. The molecular weight excluding hydrogens is 335 g/mol. The SMILES string of the molecule is CC1CC(Nc2cc(Br)cc(C(F)(F)F)c2)CC(C)O1. The van der Waals surface area contributed by atoms with E-state index in [1.54, 1.807) is 6.07 Å². The molecule has 1 aliphatic rings. The van der Waals surface area contributed by atoms with Gasteiger partial charge in [0.05, 0.1) is 17.8 Å². The van der Waals surface area contributed by atoms with Gasteiger partial charge in [0.15, 0.2) is 0 Å². The second kappa shape index (κ2) is 5.93. The molecule has 2 rings (SSSR count). The van der Waals surface area contributed by atoms with Crippen molar-refractivity contribution < 1.29 is 17.9 Å². The maximum Gasteiger partial charge on any atom is 0.416 e. The number of ether oxygens (including phenoxy) is 1. The summed E-state index contributed by atoms with van der Waals surface area (Å²) in [7, 11) is 0. The van der Waals surface area contributed by atoms with Crippen LogP contribution in [0.3, 0.4) is 0 Å². The van der Waals surface area contributed by atoms with Crippen molar-refractivity contribution in [3.05, 3.63) is 28.2 Å². The molecule has 0 spiro atoms. The Labute approximate surface area is 124 Å². The van der Waals surface area contributed by atoms with E-state index in [1.165, 1.54) is 0 Å². The summed E-state index contributed by atoms with van der Waals surface area (Å²) >= 11 is 3.13. The van der Waals surface area contributed by atoms with E-state index in [-0.39, 0.29) is 18.2 Å². The van der Waals surface area contributed by atoms with Crippen LogP contribution in [0.1, 0.15) is 32.3 Å². The number of hydrogen-bond acceptors (Lipinski definition) is 2. The van der Waals surface area contributed by atoms with Gasteiger partial charge in [0.25, 0.3) is 0 Å². The summed E-state index contributed by atoms with van der Waals surface area (Å²) in [5.41, 5.74) is -0.166. The number of anilines is 1. The summed E-state index contributed by atoms with van der Waals surface area (Å²) in [4.78, 5) is 0. The molecule has 1 aliphatic heterocycles. The zero-order valence-corrected chi connectivity index (χ0v) is 12.9. The summed E-state index contributed by atoms with van der Waals surface area (Å²) in [6, 6.07) is 4.03. The van der Waals surface area contributed by atoms with Gasteiger partial charge in [-0.25, -0.2) is 0 Å². The molecule has 2 atom stereocenters. The number of rotatable bonds is 2. The van der Waals surface area contributed by atoms with Gasteiger partial charge >= 0.3 is 6.18 Å². The lowest BCUT2D eigenvalue weighted by atomic mass is 9.99. The highest BCUT2D eigenvalue weighted by Crippen LogP contribution is 2.34. The van der Waals surface area contributed by atoms with Crippen molar-refractivity contribution in [3.63, 3.8) is 0 Å². The van der Waals surface area contributed by atoms with Crippen LogP contribution in [0, 0.1) is 0 Å². The van der Waals surface area contributed by atoms with E-state index >= 15 is 0 Å². The van der Waals surface area contributed by atoms with Crippen LogP contribution in [-0.2, 0) is 10.9 Å². The van der Waals surface area contributed by atoms with Crippen molar-refractivity contribution in [3.8, 4) is 0 Å². The third-order valence-electron chi connectivity index (χ3n) is 3.29. The molecule has 2 nitrogen and oxygen atoms in total. The summed E-state index contributed by atoms with van der Waals surface area (Å²) in [6.45, 7) is 3.96. The van der Waals surface area contributed by atoms with E-state index in [2.05, 4.69) is 21.2 Å². The molecule has 1 aromatic rings. The van der Waals surface area contributed by atoms with Gasteiger partial charge in [-0.1, -0.05) is 15.9 Å². The van der Waals surface area contributed by atoms with Crippen molar-refractivity contribution in [2.45, 2.75) is 51.1 Å². The van der Waals surface area contributed by atoms with Crippen molar-refractivity contribution >= 4 is 21.6 Å². The highest BCUT2D eigenvalue weighted by Gasteiger charge is 2.31. The van der Waals surface area contributed by atoms with Crippen LogP contribution in [0.4, 0.5) is 18.9 Å². The zero-order chi connectivity index (χ0) is 14.9. The molecule has 1 saturated heterocycles.